The molecule has 4 N–H and O–H groups in total. The fraction of sp³-hybridized carbons (Fsp3) is 0.320. The number of nitro groups is 1. The number of hydrogen-bond donors (Lipinski definition) is 4. The molecule has 0 radical (unpaired) electrons. The van der Waals surface area contributed by atoms with Gasteiger partial charge in [0.05, 0.1) is 16.1 Å². The summed E-state index contributed by atoms with van der Waals surface area (Å²) in [6.45, 7) is 0. The number of fused-ring (bicyclic) bond motifs is 2. The number of pyridine rings is 1. The summed E-state index contributed by atoms with van der Waals surface area (Å²) >= 11 is 3.25. The minimum Gasteiger partial charge on any atom is -0.374 e. The van der Waals surface area contributed by atoms with E-state index < -0.39 is 10.8 Å². The fourth-order valence-corrected chi connectivity index (χ4v) is 5.66. The van der Waals surface area contributed by atoms with Gasteiger partial charge in [0.2, 0.25) is 5.56 Å². The maximum absolute atomic E-state index is 13.4. The SMILES string of the molecule is CNC(=O)c1cc(Br)cc([N+](=O)[O-])c1N[C@@H]1CC2CC2C[C@@H]1NC(=O)c1cc(=O)[nH]c2ccccc12. The Morgan fingerprint density at radius 3 is 2.47 bits per heavy atom. The highest BCUT2D eigenvalue weighted by molar-refractivity contribution is 9.10. The van der Waals surface area contributed by atoms with Crippen molar-refractivity contribution in [2.75, 3.05) is 12.4 Å². The molecule has 0 bridgehead atoms. The molecular formula is C25H24BrN5O5. The van der Waals surface area contributed by atoms with Crippen LogP contribution in [-0.2, 0) is 0 Å². The molecule has 186 valence electrons. The number of halogens is 1. The summed E-state index contributed by atoms with van der Waals surface area (Å²) in [7, 11) is 1.46. The van der Waals surface area contributed by atoms with Gasteiger partial charge in [0.15, 0.2) is 0 Å². The molecular weight excluding hydrogens is 530 g/mol. The predicted octanol–water partition coefficient (Wildman–Crippen LogP) is 3.57. The van der Waals surface area contributed by atoms with Crippen molar-refractivity contribution in [2.24, 2.45) is 11.8 Å². The first kappa shape index (κ1) is 24.0. The molecule has 4 atom stereocenters. The maximum Gasteiger partial charge on any atom is 0.294 e. The standard InChI is InChI=1S/C25H24BrN5O5/c1-27-24(33)17-9-14(26)10-21(31(35)36)23(17)29-19-7-12-6-13(12)8-20(19)30-25(34)16-11-22(32)28-18-5-3-2-4-15(16)18/h2-5,9-13,19-20,29H,6-8H2,1H3,(H,27,33)(H,28,32)(H,30,34)/t12?,13?,19-,20+/m1/s1. The number of rotatable bonds is 6. The number of nitro benzene ring substituents is 1. The van der Waals surface area contributed by atoms with Crippen LogP contribution < -0.4 is 21.5 Å². The van der Waals surface area contributed by atoms with E-state index in [2.05, 4.69) is 36.9 Å². The maximum atomic E-state index is 13.4. The van der Waals surface area contributed by atoms with Gasteiger partial charge in [-0.05, 0) is 43.2 Å². The predicted molar refractivity (Wildman–Crippen MR) is 138 cm³/mol. The molecule has 3 aromatic rings. The molecule has 5 rings (SSSR count). The van der Waals surface area contributed by atoms with Crippen LogP contribution >= 0.6 is 15.9 Å². The smallest absolute Gasteiger partial charge is 0.294 e. The van der Waals surface area contributed by atoms with Gasteiger partial charge in [-0.1, -0.05) is 34.1 Å². The van der Waals surface area contributed by atoms with E-state index in [0.717, 1.165) is 6.42 Å². The number of anilines is 1. The second kappa shape index (κ2) is 9.38. The lowest BCUT2D eigenvalue weighted by Gasteiger charge is -2.33. The van der Waals surface area contributed by atoms with E-state index in [9.17, 15) is 24.5 Å². The van der Waals surface area contributed by atoms with E-state index in [0.29, 0.717) is 40.1 Å². The zero-order valence-corrected chi connectivity index (χ0v) is 20.9. The Labute approximate surface area is 214 Å². The third-order valence-electron chi connectivity index (χ3n) is 7.06. The van der Waals surface area contributed by atoms with E-state index >= 15 is 0 Å². The summed E-state index contributed by atoms with van der Waals surface area (Å²) in [4.78, 5) is 52.2. The van der Waals surface area contributed by atoms with Crippen LogP contribution in [0.1, 0.15) is 40.0 Å². The molecule has 0 spiro atoms. The number of H-pyrrole nitrogens is 1. The van der Waals surface area contributed by atoms with Gasteiger partial charge in [0.1, 0.15) is 5.69 Å². The minimum absolute atomic E-state index is 0.118. The molecule has 1 aromatic heterocycles. The van der Waals surface area contributed by atoms with Crippen LogP contribution in [-0.4, -0.2) is 40.9 Å². The molecule has 10 nitrogen and oxygen atoms in total. The van der Waals surface area contributed by atoms with Crippen LogP contribution in [0.2, 0.25) is 0 Å². The molecule has 11 heteroatoms. The van der Waals surface area contributed by atoms with Crippen LogP contribution in [0.25, 0.3) is 10.9 Å². The molecule has 2 aliphatic carbocycles. The average Bonchev–Trinajstić information content (AvgIpc) is 3.61. The second-order valence-electron chi connectivity index (χ2n) is 9.33. The van der Waals surface area contributed by atoms with E-state index in [1.54, 1.807) is 24.3 Å². The number of hydrogen-bond acceptors (Lipinski definition) is 6. The van der Waals surface area contributed by atoms with Crippen LogP contribution in [0.4, 0.5) is 11.4 Å². The highest BCUT2D eigenvalue weighted by atomic mass is 79.9. The second-order valence-corrected chi connectivity index (χ2v) is 10.3. The quantitative estimate of drug-likeness (QED) is 0.271. The van der Waals surface area contributed by atoms with Gasteiger partial charge in [-0.2, -0.15) is 0 Å². The Kier molecular flexibility index (Phi) is 6.25. The molecule has 36 heavy (non-hydrogen) atoms. The number of para-hydroxylation sites is 1. The van der Waals surface area contributed by atoms with Gasteiger partial charge in [0, 0.05) is 46.6 Å². The molecule has 2 unspecified atom stereocenters. The first-order valence-corrected chi connectivity index (χ1v) is 12.4. The van der Waals surface area contributed by atoms with Gasteiger partial charge < -0.3 is 20.9 Å². The molecule has 2 aromatic carbocycles. The monoisotopic (exact) mass is 553 g/mol. The van der Waals surface area contributed by atoms with E-state index in [1.165, 1.54) is 25.2 Å². The molecule has 1 heterocycles. The summed E-state index contributed by atoms with van der Waals surface area (Å²) in [5.41, 5.74) is 0.490. The molecule has 0 saturated heterocycles. The third kappa shape index (κ3) is 4.58. The zero-order chi connectivity index (χ0) is 25.6. The first-order valence-electron chi connectivity index (χ1n) is 11.6. The molecule has 2 fully saturated rings. The van der Waals surface area contributed by atoms with E-state index in [1.807, 2.05) is 0 Å². The van der Waals surface area contributed by atoms with E-state index in [-0.39, 0.29) is 46.1 Å². The van der Waals surface area contributed by atoms with E-state index in [4.69, 9.17) is 0 Å². The first-order chi connectivity index (χ1) is 17.2. The number of carbonyl (C=O) groups is 2. The topological polar surface area (TPSA) is 146 Å². The van der Waals surface area contributed by atoms with Gasteiger partial charge in [-0.15, -0.1) is 0 Å². The Morgan fingerprint density at radius 2 is 1.75 bits per heavy atom. The lowest BCUT2D eigenvalue weighted by molar-refractivity contribution is -0.384. The molecule has 2 amide bonds. The van der Waals surface area contributed by atoms with Gasteiger partial charge in [-0.25, -0.2) is 0 Å². The third-order valence-corrected chi connectivity index (χ3v) is 7.52. The van der Waals surface area contributed by atoms with Crippen LogP contribution in [0.5, 0.6) is 0 Å². The van der Waals surface area contributed by atoms with Gasteiger partial charge in [0.25, 0.3) is 17.5 Å². The molecule has 2 saturated carbocycles. The highest BCUT2D eigenvalue weighted by Gasteiger charge is 2.47. The van der Waals surface area contributed by atoms with Gasteiger partial charge >= 0.3 is 0 Å². The van der Waals surface area contributed by atoms with Crippen molar-refractivity contribution < 1.29 is 14.5 Å². The van der Waals surface area contributed by atoms with Crippen LogP contribution in [0.3, 0.4) is 0 Å². The number of carbonyl (C=O) groups excluding carboxylic acids is 2. The van der Waals surface area contributed by atoms with Crippen molar-refractivity contribution in [1.29, 1.82) is 0 Å². The summed E-state index contributed by atoms with van der Waals surface area (Å²) < 4.78 is 0.412. The summed E-state index contributed by atoms with van der Waals surface area (Å²) in [6, 6.07) is 10.6. The largest absolute Gasteiger partial charge is 0.374 e. The summed E-state index contributed by atoms with van der Waals surface area (Å²) in [6.07, 6.45) is 2.43. The number of aromatic amines is 1. The normalized spacial score (nSPS) is 22.4. The minimum atomic E-state index is -0.530. The summed E-state index contributed by atoms with van der Waals surface area (Å²) in [5.74, 6) is 0.0965. The average molecular weight is 554 g/mol. The Morgan fingerprint density at radius 1 is 1.03 bits per heavy atom. The Hall–Kier alpha value is -3.73. The van der Waals surface area contributed by atoms with Gasteiger partial charge in [-0.3, -0.25) is 24.5 Å². The Balaban J connectivity index is 1.48. The van der Waals surface area contributed by atoms with Crippen molar-refractivity contribution in [3.05, 3.63) is 78.5 Å². The van der Waals surface area contributed by atoms with Crippen molar-refractivity contribution in [3.63, 3.8) is 0 Å². The highest BCUT2D eigenvalue weighted by Crippen LogP contribution is 2.50. The van der Waals surface area contributed by atoms with Crippen molar-refractivity contribution in [1.82, 2.24) is 15.6 Å². The van der Waals surface area contributed by atoms with Crippen molar-refractivity contribution in [3.8, 4) is 0 Å². The fourth-order valence-electron chi connectivity index (χ4n) is 5.21. The van der Waals surface area contributed by atoms with Crippen LogP contribution in [0, 0.1) is 22.0 Å². The molecule has 2 aliphatic rings. The lowest BCUT2D eigenvalue weighted by atomic mass is 9.89. The number of nitrogens with zero attached hydrogens (tertiary/aromatic N) is 1. The molecule has 0 aliphatic heterocycles. The Bertz CT molecular complexity index is 1450. The van der Waals surface area contributed by atoms with Crippen LogP contribution in [0.15, 0.2) is 51.7 Å². The van der Waals surface area contributed by atoms with Crippen molar-refractivity contribution in [2.45, 2.75) is 31.3 Å². The number of nitrogens with one attached hydrogen (secondary N) is 4. The summed E-state index contributed by atoms with van der Waals surface area (Å²) in [5, 5.41) is 21.3. The number of aromatic nitrogens is 1. The number of amides is 2. The lowest BCUT2D eigenvalue weighted by Crippen LogP contribution is -2.49. The van der Waals surface area contributed by atoms with Crippen molar-refractivity contribution >= 4 is 50.0 Å². The zero-order valence-electron chi connectivity index (χ0n) is 19.3. The number of benzene rings is 2.